The topological polar surface area (TPSA) is 56.6 Å². The van der Waals surface area contributed by atoms with Crippen LogP contribution in [0.25, 0.3) is 10.9 Å². The highest BCUT2D eigenvalue weighted by molar-refractivity contribution is 5.82. The Bertz CT molecular complexity index is 1400. The van der Waals surface area contributed by atoms with Gasteiger partial charge in [-0.15, -0.1) is 0 Å². The molecule has 0 bridgehead atoms. The molecule has 0 spiro atoms. The average Bonchev–Trinajstić information content (AvgIpc) is 2.91. The quantitative estimate of drug-likeness (QED) is 0.364. The molecule has 4 aromatic rings. The van der Waals surface area contributed by atoms with Crippen molar-refractivity contribution in [3.63, 3.8) is 0 Å². The lowest BCUT2D eigenvalue weighted by atomic mass is 9.95. The summed E-state index contributed by atoms with van der Waals surface area (Å²) in [6, 6.07) is 22.4. The van der Waals surface area contributed by atoms with Gasteiger partial charge in [0.05, 0.1) is 31.7 Å². The zero-order valence-electron chi connectivity index (χ0n) is 21.2. The Morgan fingerprint density at radius 1 is 0.917 bits per heavy atom. The van der Waals surface area contributed by atoms with Gasteiger partial charge in [0.1, 0.15) is 5.82 Å². The molecule has 1 unspecified atom stereocenters. The van der Waals surface area contributed by atoms with Crippen molar-refractivity contribution in [2.24, 2.45) is 0 Å². The van der Waals surface area contributed by atoms with Gasteiger partial charge in [-0.25, -0.2) is 4.98 Å². The normalized spacial score (nSPS) is 16.2. The van der Waals surface area contributed by atoms with Crippen molar-refractivity contribution in [1.82, 2.24) is 14.5 Å². The molecule has 0 N–H and O–H groups in total. The van der Waals surface area contributed by atoms with E-state index in [0.717, 1.165) is 43.9 Å². The average molecular weight is 484 g/mol. The molecule has 0 amide bonds. The van der Waals surface area contributed by atoms with Crippen molar-refractivity contribution in [2.45, 2.75) is 38.8 Å². The van der Waals surface area contributed by atoms with E-state index in [9.17, 15) is 4.79 Å². The summed E-state index contributed by atoms with van der Waals surface area (Å²) in [7, 11) is 3.18. The molecule has 1 aromatic heterocycles. The number of methoxy groups -OCH3 is 2. The van der Waals surface area contributed by atoms with Crippen LogP contribution in [0.15, 0.2) is 71.5 Å². The number of aryl methyl sites for hydroxylation is 1. The van der Waals surface area contributed by atoms with Crippen LogP contribution in [0.5, 0.6) is 11.5 Å². The van der Waals surface area contributed by atoms with Crippen molar-refractivity contribution >= 4 is 10.9 Å². The van der Waals surface area contributed by atoms with Crippen molar-refractivity contribution < 1.29 is 9.47 Å². The molecule has 0 radical (unpaired) electrons. The van der Waals surface area contributed by atoms with E-state index in [2.05, 4.69) is 48.2 Å². The molecule has 1 atom stereocenters. The van der Waals surface area contributed by atoms with E-state index in [0.29, 0.717) is 28.9 Å². The molecule has 5 rings (SSSR count). The summed E-state index contributed by atoms with van der Waals surface area (Å²) in [5.41, 5.74) is 4.26. The fourth-order valence-electron chi connectivity index (χ4n) is 5.16. The predicted octanol–water partition coefficient (Wildman–Crippen LogP) is 5.15. The standard InChI is InChI=1S/C30H33N3O3/c1-21-11-13-23(14-12-21)18-32-15-7-10-24(20-32)29-31-26-17-28(36-3)27(35-2)16-25(26)30(34)33(29)19-22-8-5-4-6-9-22/h4-6,8-9,11-14,16-17,24H,7,10,15,18-20H2,1-3H3. The Kier molecular flexibility index (Phi) is 7.05. The molecule has 1 fully saturated rings. The maximum Gasteiger partial charge on any atom is 0.261 e. The van der Waals surface area contributed by atoms with Crippen molar-refractivity contribution in [2.75, 3.05) is 27.3 Å². The van der Waals surface area contributed by atoms with Crippen LogP contribution in [0.4, 0.5) is 0 Å². The fraction of sp³-hybridized carbons (Fsp3) is 0.333. The van der Waals surface area contributed by atoms with Gasteiger partial charge in [-0.2, -0.15) is 0 Å². The minimum absolute atomic E-state index is 0.0459. The maximum absolute atomic E-state index is 13.9. The molecule has 0 saturated carbocycles. The number of hydrogen-bond donors (Lipinski definition) is 0. The number of likely N-dealkylation sites (tertiary alicyclic amines) is 1. The Hall–Kier alpha value is -3.64. The van der Waals surface area contributed by atoms with Gasteiger partial charge in [0, 0.05) is 25.1 Å². The van der Waals surface area contributed by atoms with E-state index < -0.39 is 0 Å². The Balaban J connectivity index is 1.55. The first-order chi connectivity index (χ1) is 17.6. The highest BCUT2D eigenvalue weighted by Crippen LogP contribution is 2.32. The molecule has 1 aliphatic heterocycles. The first-order valence-electron chi connectivity index (χ1n) is 12.5. The minimum atomic E-state index is -0.0459. The lowest BCUT2D eigenvalue weighted by Crippen LogP contribution is -2.37. The number of ether oxygens (including phenoxy) is 2. The molecule has 1 aliphatic rings. The molecule has 36 heavy (non-hydrogen) atoms. The molecule has 2 heterocycles. The van der Waals surface area contributed by atoms with Crippen LogP contribution in [0.1, 0.15) is 41.3 Å². The number of nitrogens with zero attached hydrogens (tertiary/aromatic N) is 3. The lowest BCUT2D eigenvalue weighted by molar-refractivity contribution is 0.194. The van der Waals surface area contributed by atoms with Gasteiger partial charge >= 0.3 is 0 Å². The van der Waals surface area contributed by atoms with Crippen molar-refractivity contribution in [1.29, 1.82) is 0 Å². The van der Waals surface area contributed by atoms with Gasteiger partial charge in [-0.1, -0.05) is 60.2 Å². The van der Waals surface area contributed by atoms with Gasteiger partial charge in [0.15, 0.2) is 11.5 Å². The van der Waals surface area contributed by atoms with Crippen LogP contribution >= 0.6 is 0 Å². The van der Waals surface area contributed by atoms with Crippen LogP contribution in [0, 0.1) is 6.92 Å². The van der Waals surface area contributed by atoms with Gasteiger partial charge in [0.2, 0.25) is 0 Å². The summed E-state index contributed by atoms with van der Waals surface area (Å²) in [4.78, 5) is 21.5. The van der Waals surface area contributed by atoms with Crippen LogP contribution in [-0.4, -0.2) is 41.8 Å². The summed E-state index contributed by atoms with van der Waals surface area (Å²) in [5.74, 6) is 2.12. The third-order valence-electron chi connectivity index (χ3n) is 7.07. The minimum Gasteiger partial charge on any atom is -0.493 e. The van der Waals surface area contributed by atoms with Gasteiger partial charge in [0.25, 0.3) is 5.56 Å². The number of benzene rings is 3. The van der Waals surface area contributed by atoms with E-state index in [1.165, 1.54) is 11.1 Å². The van der Waals surface area contributed by atoms with Crippen LogP contribution in [0.3, 0.4) is 0 Å². The van der Waals surface area contributed by atoms with E-state index in [1.807, 2.05) is 28.8 Å². The predicted molar refractivity (Wildman–Crippen MR) is 143 cm³/mol. The Morgan fingerprint density at radius 3 is 2.33 bits per heavy atom. The zero-order valence-corrected chi connectivity index (χ0v) is 21.2. The third-order valence-corrected chi connectivity index (χ3v) is 7.07. The van der Waals surface area contributed by atoms with E-state index in [-0.39, 0.29) is 11.5 Å². The molecule has 1 saturated heterocycles. The first kappa shape index (κ1) is 24.1. The third kappa shape index (κ3) is 5.00. The number of aromatic nitrogens is 2. The maximum atomic E-state index is 13.9. The summed E-state index contributed by atoms with van der Waals surface area (Å²) >= 11 is 0. The monoisotopic (exact) mass is 483 g/mol. The second-order valence-corrected chi connectivity index (χ2v) is 9.63. The molecular formula is C30H33N3O3. The summed E-state index contributed by atoms with van der Waals surface area (Å²) in [6.07, 6.45) is 2.08. The highest BCUT2D eigenvalue weighted by Gasteiger charge is 2.27. The molecular weight excluding hydrogens is 450 g/mol. The summed E-state index contributed by atoms with van der Waals surface area (Å²) in [6.45, 7) is 5.42. The molecule has 186 valence electrons. The van der Waals surface area contributed by atoms with Crippen LogP contribution in [0.2, 0.25) is 0 Å². The fourth-order valence-corrected chi connectivity index (χ4v) is 5.16. The number of fused-ring (bicyclic) bond motifs is 1. The summed E-state index contributed by atoms with van der Waals surface area (Å²) in [5, 5.41) is 0.541. The first-order valence-corrected chi connectivity index (χ1v) is 12.5. The van der Waals surface area contributed by atoms with Gasteiger partial charge in [-0.05, 0) is 43.5 Å². The number of hydrogen-bond acceptors (Lipinski definition) is 5. The van der Waals surface area contributed by atoms with E-state index >= 15 is 0 Å². The number of rotatable bonds is 7. The number of piperidine rings is 1. The SMILES string of the molecule is COc1cc2nc(C3CCCN(Cc4ccc(C)cc4)C3)n(Cc3ccccc3)c(=O)c2cc1OC. The van der Waals surface area contributed by atoms with Gasteiger partial charge < -0.3 is 9.47 Å². The smallest absolute Gasteiger partial charge is 0.261 e. The van der Waals surface area contributed by atoms with Gasteiger partial charge in [-0.3, -0.25) is 14.3 Å². The lowest BCUT2D eigenvalue weighted by Gasteiger charge is -2.33. The molecule has 6 heteroatoms. The zero-order chi connectivity index (χ0) is 25.1. The van der Waals surface area contributed by atoms with Crippen molar-refractivity contribution in [3.8, 4) is 11.5 Å². The highest BCUT2D eigenvalue weighted by atomic mass is 16.5. The Morgan fingerprint density at radius 2 is 1.61 bits per heavy atom. The summed E-state index contributed by atoms with van der Waals surface area (Å²) < 4.78 is 12.8. The van der Waals surface area contributed by atoms with Crippen LogP contribution < -0.4 is 15.0 Å². The molecule has 6 nitrogen and oxygen atoms in total. The molecule has 3 aromatic carbocycles. The second-order valence-electron chi connectivity index (χ2n) is 9.63. The van der Waals surface area contributed by atoms with Crippen LogP contribution in [-0.2, 0) is 13.1 Å². The van der Waals surface area contributed by atoms with E-state index in [1.54, 1.807) is 20.3 Å². The van der Waals surface area contributed by atoms with E-state index in [4.69, 9.17) is 14.5 Å². The Labute approximate surface area is 212 Å². The molecule has 0 aliphatic carbocycles. The second kappa shape index (κ2) is 10.5. The van der Waals surface area contributed by atoms with Crippen molar-refractivity contribution in [3.05, 3.63) is 99.6 Å². The largest absolute Gasteiger partial charge is 0.493 e.